The second kappa shape index (κ2) is 5.21. The lowest BCUT2D eigenvalue weighted by Crippen LogP contribution is -2.25. The number of hydrogen-bond donors (Lipinski definition) is 1. The quantitative estimate of drug-likeness (QED) is 0.935. The third-order valence-electron chi connectivity index (χ3n) is 2.94. The molecule has 0 spiro atoms. The zero-order chi connectivity index (χ0) is 13.9. The number of fused-ring (bicyclic) bond motifs is 1. The monoisotopic (exact) mass is 273 g/mol. The lowest BCUT2D eigenvalue weighted by Gasteiger charge is -2.18. The van der Waals surface area contributed by atoms with Crippen LogP contribution < -0.4 is 14.8 Å². The fourth-order valence-electron chi connectivity index (χ4n) is 1.93. The van der Waals surface area contributed by atoms with Gasteiger partial charge in [-0.25, -0.2) is 4.39 Å². The number of amides is 1. The maximum absolute atomic E-state index is 13.5. The van der Waals surface area contributed by atoms with Crippen molar-refractivity contribution < 1.29 is 18.7 Å². The van der Waals surface area contributed by atoms with Crippen molar-refractivity contribution in [2.45, 2.75) is 6.61 Å². The molecule has 2 aromatic carbocycles. The molecule has 1 aliphatic rings. The highest BCUT2D eigenvalue weighted by molar-refractivity contribution is 5.95. The van der Waals surface area contributed by atoms with Crippen molar-refractivity contribution in [3.8, 4) is 11.5 Å². The molecule has 0 aromatic heterocycles. The van der Waals surface area contributed by atoms with E-state index in [1.807, 2.05) is 0 Å². The van der Waals surface area contributed by atoms with Gasteiger partial charge in [0.15, 0.2) is 6.61 Å². The molecule has 3 rings (SSSR count). The van der Waals surface area contributed by atoms with Crippen molar-refractivity contribution in [3.05, 3.63) is 53.8 Å². The van der Waals surface area contributed by atoms with Crippen molar-refractivity contribution in [1.29, 1.82) is 0 Å². The molecule has 0 atom stereocenters. The Morgan fingerprint density at radius 1 is 1.25 bits per heavy atom. The van der Waals surface area contributed by atoms with Crippen LogP contribution in [0.3, 0.4) is 0 Å². The lowest BCUT2D eigenvalue weighted by molar-refractivity contribution is -0.118. The van der Waals surface area contributed by atoms with E-state index >= 15 is 0 Å². The highest BCUT2D eigenvalue weighted by Crippen LogP contribution is 2.31. The van der Waals surface area contributed by atoms with E-state index in [1.54, 1.807) is 36.4 Å². The molecular weight excluding hydrogens is 261 g/mol. The molecule has 0 unspecified atom stereocenters. The minimum atomic E-state index is -0.304. The van der Waals surface area contributed by atoms with Gasteiger partial charge in [0.05, 0.1) is 5.69 Å². The van der Waals surface area contributed by atoms with E-state index in [-0.39, 0.29) is 24.9 Å². The molecule has 1 heterocycles. The molecule has 0 bridgehead atoms. The van der Waals surface area contributed by atoms with Crippen molar-refractivity contribution in [2.24, 2.45) is 0 Å². The second-order valence-corrected chi connectivity index (χ2v) is 4.37. The third kappa shape index (κ3) is 2.56. The smallest absolute Gasteiger partial charge is 0.262 e. The Labute approximate surface area is 115 Å². The Morgan fingerprint density at radius 3 is 2.95 bits per heavy atom. The van der Waals surface area contributed by atoms with E-state index in [9.17, 15) is 9.18 Å². The van der Waals surface area contributed by atoms with Crippen molar-refractivity contribution >= 4 is 11.6 Å². The fourth-order valence-corrected chi connectivity index (χ4v) is 1.93. The first-order chi connectivity index (χ1) is 9.72. The van der Waals surface area contributed by atoms with Gasteiger partial charge in [-0.3, -0.25) is 4.79 Å². The number of nitrogens with one attached hydrogen (secondary N) is 1. The standard InChI is InChI=1S/C15H12FNO3/c16-12-4-2-1-3-10(12)8-19-11-5-6-14-13(7-11)17-15(18)9-20-14/h1-7H,8-9H2,(H,17,18). The van der Waals surface area contributed by atoms with Crippen LogP contribution in [0.5, 0.6) is 11.5 Å². The molecule has 1 amide bonds. The highest BCUT2D eigenvalue weighted by atomic mass is 19.1. The van der Waals surface area contributed by atoms with Gasteiger partial charge in [0.25, 0.3) is 5.91 Å². The van der Waals surface area contributed by atoms with Crippen LogP contribution in [0, 0.1) is 5.82 Å². The fraction of sp³-hybridized carbons (Fsp3) is 0.133. The van der Waals surface area contributed by atoms with E-state index in [1.165, 1.54) is 6.07 Å². The van der Waals surface area contributed by atoms with Gasteiger partial charge in [-0.2, -0.15) is 0 Å². The van der Waals surface area contributed by atoms with Gasteiger partial charge < -0.3 is 14.8 Å². The maximum atomic E-state index is 13.5. The summed E-state index contributed by atoms with van der Waals surface area (Å²) < 4.78 is 24.2. The second-order valence-electron chi connectivity index (χ2n) is 4.37. The first kappa shape index (κ1) is 12.5. The van der Waals surface area contributed by atoms with Crippen LogP contribution in [0.15, 0.2) is 42.5 Å². The van der Waals surface area contributed by atoms with E-state index in [2.05, 4.69) is 5.32 Å². The SMILES string of the molecule is O=C1COc2ccc(OCc3ccccc3F)cc2N1. The summed E-state index contributed by atoms with van der Waals surface area (Å²) in [6, 6.07) is 11.5. The summed E-state index contributed by atoms with van der Waals surface area (Å²) in [4.78, 5) is 11.2. The Morgan fingerprint density at radius 2 is 2.10 bits per heavy atom. The van der Waals surface area contributed by atoms with Crippen molar-refractivity contribution in [1.82, 2.24) is 0 Å². The van der Waals surface area contributed by atoms with Crippen LogP contribution in [0.25, 0.3) is 0 Å². The first-order valence-corrected chi connectivity index (χ1v) is 6.15. The van der Waals surface area contributed by atoms with Gasteiger partial charge in [-0.1, -0.05) is 18.2 Å². The number of halogens is 1. The van der Waals surface area contributed by atoms with Gasteiger partial charge in [-0.05, 0) is 18.2 Å². The molecule has 0 aliphatic carbocycles. The molecule has 0 radical (unpaired) electrons. The van der Waals surface area contributed by atoms with Gasteiger partial charge in [0, 0.05) is 11.6 Å². The summed E-state index contributed by atoms with van der Waals surface area (Å²) in [6.45, 7) is 0.142. The summed E-state index contributed by atoms with van der Waals surface area (Å²) in [5.74, 6) is 0.631. The van der Waals surface area contributed by atoms with Crippen LogP contribution in [0.2, 0.25) is 0 Å². The van der Waals surface area contributed by atoms with Crippen LogP contribution in [0.1, 0.15) is 5.56 Å². The maximum Gasteiger partial charge on any atom is 0.262 e. The number of hydrogen-bond acceptors (Lipinski definition) is 3. The molecule has 2 aromatic rings. The lowest BCUT2D eigenvalue weighted by atomic mass is 10.2. The number of anilines is 1. The molecule has 20 heavy (non-hydrogen) atoms. The number of rotatable bonds is 3. The van der Waals surface area contributed by atoms with E-state index in [0.717, 1.165) is 0 Å². The number of carbonyl (C=O) groups excluding carboxylic acids is 1. The summed E-state index contributed by atoms with van der Waals surface area (Å²) in [5.41, 5.74) is 1.04. The predicted octanol–water partition coefficient (Wildman–Crippen LogP) is 2.74. The van der Waals surface area contributed by atoms with Gasteiger partial charge in [-0.15, -0.1) is 0 Å². The molecule has 0 fully saturated rings. The Hall–Kier alpha value is -2.56. The largest absolute Gasteiger partial charge is 0.489 e. The minimum Gasteiger partial charge on any atom is -0.489 e. The van der Waals surface area contributed by atoms with Gasteiger partial charge in [0.1, 0.15) is 23.9 Å². The molecule has 102 valence electrons. The Bertz CT molecular complexity index is 657. The normalized spacial score (nSPS) is 13.2. The molecular formula is C15H12FNO3. The van der Waals surface area contributed by atoms with E-state index in [0.29, 0.717) is 22.7 Å². The van der Waals surface area contributed by atoms with Gasteiger partial charge >= 0.3 is 0 Å². The molecule has 0 saturated carbocycles. The third-order valence-corrected chi connectivity index (χ3v) is 2.94. The van der Waals surface area contributed by atoms with Crippen molar-refractivity contribution in [2.75, 3.05) is 11.9 Å². The predicted molar refractivity (Wildman–Crippen MR) is 71.3 cm³/mol. The molecule has 4 nitrogen and oxygen atoms in total. The molecule has 5 heteroatoms. The van der Waals surface area contributed by atoms with Crippen LogP contribution in [-0.2, 0) is 11.4 Å². The molecule has 0 saturated heterocycles. The van der Waals surface area contributed by atoms with Crippen LogP contribution >= 0.6 is 0 Å². The highest BCUT2D eigenvalue weighted by Gasteiger charge is 2.16. The summed E-state index contributed by atoms with van der Waals surface area (Å²) >= 11 is 0. The van der Waals surface area contributed by atoms with Crippen LogP contribution in [0.4, 0.5) is 10.1 Å². The van der Waals surface area contributed by atoms with Gasteiger partial charge in [0.2, 0.25) is 0 Å². The molecule has 1 aliphatic heterocycles. The van der Waals surface area contributed by atoms with E-state index < -0.39 is 0 Å². The molecule has 1 N–H and O–H groups in total. The average molecular weight is 273 g/mol. The number of ether oxygens (including phenoxy) is 2. The minimum absolute atomic E-state index is 0.0163. The number of benzene rings is 2. The van der Waals surface area contributed by atoms with Crippen molar-refractivity contribution in [3.63, 3.8) is 0 Å². The van der Waals surface area contributed by atoms with E-state index in [4.69, 9.17) is 9.47 Å². The topological polar surface area (TPSA) is 47.6 Å². The number of carbonyl (C=O) groups is 1. The Balaban J connectivity index is 1.74. The summed E-state index contributed by atoms with van der Waals surface area (Å²) in [6.07, 6.45) is 0. The zero-order valence-electron chi connectivity index (χ0n) is 10.6. The van der Waals surface area contributed by atoms with Crippen LogP contribution in [-0.4, -0.2) is 12.5 Å². The average Bonchev–Trinajstić information content (AvgIpc) is 2.46. The summed E-state index contributed by atoms with van der Waals surface area (Å²) in [5, 5.41) is 2.69. The summed E-state index contributed by atoms with van der Waals surface area (Å²) in [7, 11) is 0. The Kier molecular flexibility index (Phi) is 3.25. The first-order valence-electron chi connectivity index (χ1n) is 6.15. The zero-order valence-corrected chi connectivity index (χ0v) is 10.6.